The third-order valence-electron chi connectivity index (χ3n) is 8.00. The maximum absolute atomic E-state index is 12.5. The second kappa shape index (κ2) is 13.1. The molecule has 3 aromatic rings. The number of piperidine rings is 1. The van der Waals surface area contributed by atoms with Gasteiger partial charge in [0.05, 0.1) is 5.54 Å². The lowest BCUT2D eigenvalue weighted by molar-refractivity contribution is -0.121. The third kappa shape index (κ3) is 7.92. The van der Waals surface area contributed by atoms with Gasteiger partial charge in [-0.15, -0.1) is 0 Å². The number of carboxylic acid groups (broad SMARTS) is 1. The van der Waals surface area contributed by atoms with E-state index in [1.165, 1.54) is 48.8 Å². The smallest absolute Gasteiger partial charge is 0.407 e. The molecule has 7 heteroatoms. The minimum absolute atomic E-state index is 0.0639. The van der Waals surface area contributed by atoms with Crippen LogP contribution >= 0.6 is 0 Å². The molecule has 3 aromatic carbocycles. The molecule has 1 saturated heterocycles. The molecule has 5 rings (SSSR count). The Balaban J connectivity index is 0.000000240. The molecule has 0 aromatic heterocycles. The van der Waals surface area contributed by atoms with Crippen LogP contribution in [0.15, 0.2) is 78.9 Å². The van der Waals surface area contributed by atoms with Crippen LogP contribution in [-0.4, -0.2) is 53.6 Å². The van der Waals surface area contributed by atoms with Crippen LogP contribution in [-0.2, 0) is 16.9 Å². The normalized spacial score (nSPS) is 19.6. The molecule has 1 heterocycles. The van der Waals surface area contributed by atoms with E-state index in [0.717, 1.165) is 48.2 Å². The molecule has 2 aliphatic rings. The van der Waals surface area contributed by atoms with E-state index in [-0.39, 0.29) is 23.8 Å². The number of nitrogens with zero attached hydrogens (tertiary/aromatic N) is 2. The van der Waals surface area contributed by atoms with Crippen molar-refractivity contribution in [1.82, 2.24) is 15.1 Å². The Morgan fingerprint density at radius 2 is 1.70 bits per heavy atom. The molecule has 1 aliphatic heterocycles. The monoisotopic (exact) mass is 545 g/mol. The molecule has 2 N–H and O–H groups in total. The Hall–Kier alpha value is -3.71. The Morgan fingerprint density at radius 3 is 2.30 bits per heavy atom. The number of halogens is 1. The minimum atomic E-state index is -0.996. The first-order valence-electron chi connectivity index (χ1n) is 14.0. The van der Waals surface area contributed by atoms with E-state index in [9.17, 15) is 14.0 Å². The van der Waals surface area contributed by atoms with Crippen LogP contribution in [0.1, 0.15) is 54.4 Å². The minimum Gasteiger partial charge on any atom is -0.465 e. The molecule has 0 spiro atoms. The van der Waals surface area contributed by atoms with Crippen molar-refractivity contribution in [3.8, 4) is 0 Å². The van der Waals surface area contributed by atoms with E-state index in [0.29, 0.717) is 0 Å². The van der Waals surface area contributed by atoms with Crippen LogP contribution in [0.5, 0.6) is 0 Å². The summed E-state index contributed by atoms with van der Waals surface area (Å²) in [6, 6.07) is 25.2. The fourth-order valence-corrected chi connectivity index (χ4v) is 5.72. The molecule has 212 valence electrons. The van der Waals surface area contributed by atoms with E-state index < -0.39 is 6.09 Å². The van der Waals surface area contributed by atoms with Crippen molar-refractivity contribution in [2.75, 3.05) is 26.7 Å². The summed E-state index contributed by atoms with van der Waals surface area (Å²) in [5.41, 5.74) is 4.67. The van der Waals surface area contributed by atoms with E-state index in [1.807, 2.05) is 6.07 Å². The molecule has 1 aliphatic carbocycles. The fourth-order valence-electron chi connectivity index (χ4n) is 5.72. The highest BCUT2D eigenvalue weighted by Crippen LogP contribution is 2.48. The first-order valence-corrected chi connectivity index (χ1v) is 14.0. The lowest BCUT2D eigenvalue weighted by Crippen LogP contribution is -2.52. The zero-order valence-corrected chi connectivity index (χ0v) is 23.6. The predicted molar refractivity (Wildman–Crippen MR) is 156 cm³/mol. The molecule has 2 atom stereocenters. The van der Waals surface area contributed by atoms with Gasteiger partial charge in [0.2, 0.25) is 5.91 Å². The van der Waals surface area contributed by atoms with Crippen LogP contribution in [0.2, 0.25) is 0 Å². The summed E-state index contributed by atoms with van der Waals surface area (Å²) < 4.78 is 12.5. The van der Waals surface area contributed by atoms with Gasteiger partial charge in [0, 0.05) is 40.2 Å². The fraction of sp³-hybridized carbons (Fsp3) is 0.394. The zero-order chi connectivity index (χ0) is 28.7. The number of rotatable bonds is 7. The van der Waals surface area contributed by atoms with Crippen LogP contribution < -0.4 is 5.32 Å². The SMILES string of the molecule is CC(=O)NC1(c2ccccc2)CCN(C[C@@H]2C[C@@H]2c2cccc(C)c2)CC1.CN(Cc1ccc(F)cc1)C(=O)O. The summed E-state index contributed by atoms with van der Waals surface area (Å²) in [5.74, 6) is 1.27. The number of benzene rings is 3. The Kier molecular flexibility index (Phi) is 9.58. The van der Waals surface area contributed by atoms with Gasteiger partial charge < -0.3 is 20.2 Å². The maximum atomic E-state index is 12.5. The molecule has 2 amide bonds. The van der Waals surface area contributed by atoms with E-state index in [2.05, 4.69) is 65.7 Å². The van der Waals surface area contributed by atoms with Gasteiger partial charge in [0.1, 0.15) is 5.82 Å². The molecule has 2 fully saturated rings. The van der Waals surface area contributed by atoms with Gasteiger partial charge in [0.25, 0.3) is 0 Å². The number of hydrogen-bond acceptors (Lipinski definition) is 3. The Bertz CT molecular complexity index is 1270. The largest absolute Gasteiger partial charge is 0.465 e. The molecule has 40 heavy (non-hydrogen) atoms. The first-order chi connectivity index (χ1) is 19.1. The summed E-state index contributed by atoms with van der Waals surface area (Å²) in [6.07, 6.45) is 2.29. The number of amides is 2. The zero-order valence-electron chi connectivity index (χ0n) is 23.6. The van der Waals surface area contributed by atoms with Gasteiger partial charge in [-0.3, -0.25) is 4.79 Å². The highest BCUT2D eigenvalue weighted by atomic mass is 19.1. The van der Waals surface area contributed by atoms with Crippen molar-refractivity contribution in [3.05, 3.63) is 107 Å². The van der Waals surface area contributed by atoms with Crippen molar-refractivity contribution in [2.24, 2.45) is 5.92 Å². The molecular weight excluding hydrogens is 505 g/mol. The van der Waals surface area contributed by atoms with E-state index >= 15 is 0 Å². The molecule has 0 bridgehead atoms. The van der Waals surface area contributed by atoms with Crippen LogP contribution in [0.25, 0.3) is 0 Å². The summed E-state index contributed by atoms with van der Waals surface area (Å²) in [4.78, 5) is 26.0. The lowest BCUT2D eigenvalue weighted by atomic mass is 9.80. The van der Waals surface area contributed by atoms with Crippen LogP contribution in [0.3, 0.4) is 0 Å². The molecule has 1 saturated carbocycles. The Morgan fingerprint density at radius 1 is 1.02 bits per heavy atom. The molecular formula is C33H40FN3O3. The van der Waals surface area contributed by atoms with Crippen molar-refractivity contribution >= 4 is 12.0 Å². The summed E-state index contributed by atoms with van der Waals surface area (Å²) in [6.45, 7) is 7.36. The van der Waals surface area contributed by atoms with Crippen molar-refractivity contribution in [2.45, 2.75) is 51.1 Å². The quantitative estimate of drug-likeness (QED) is 0.373. The van der Waals surface area contributed by atoms with Crippen LogP contribution in [0.4, 0.5) is 9.18 Å². The molecule has 6 nitrogen and oxygen atoms in total. The summed E-state index contributed by atoms with van der Waals surface area (Å²) in [5, 5.41) is 11.8. The molecule has 0 unspecified atom stereocenters. The number of carbonyl (C=O) groups excluding carboxylic acids is 1. The highest BCUT2D eigenvalue weighted by molar-refractivity contribution is 5.74. The summed E-state index contributed by atoms with van der Waals surface area (Å²) in [7, 11) is 1.46. The summed E-state index contributed by atoms with van der Waals surface area (Å²) >= 11 is 0. The average Bonchev–Trinajstić information content (AvgIpc) is 3.71. The van der Waals surface area contributed by atoms with Gasteiger partial charge in [-0.05, 0) is 66.8 Å². The second-order valence-electron chi connectivity index (χ2n) is 11.2. The van der Waals surface area contributed by atoms with Crippen molar-refractivity contribution < 1.29 is 19.1 Å². The second-order valence-corrected chi connectivity index (χ2v) is 11.2. The standard InChI is InChI=1S/C24H30N2O.C9H10FNO2/c1-18-7-6-8-20(15-18)23-16-21(23)17-26-13-11-24(12-14-26,25-19(2)27)22-9-4-3-5-10-22;1-11(9(12)13)6-7-2-4-8(10)5-3-7/h3-10,15,21,23H,11-14,16-17H2,1-2H3,(H,25,27);2-5H,6H2,1H3,(H,12,13)/t21-,23+;/m0./s1. The topological polar surface area (TPSA) is 72.9 Å². The number of nitrogens with one attached hydrogen (secondary N) is 1. The number of hydrogen-bond donors (Lipinski definition) is 2. The maximum Gasteiger partial charge on any atom is 0.407 e. The third-order valence-corrected chi connectivity index (χ3v) is 8.00. The van der Waals surface area contributed by atoms with Crippen molar-refractivity contribution in [1.29, 1.82) is 0 Å². The van der Waals surface area contributed by atoms with Crippen LogP contribution in [0, 0.1) is 18.7 Å². The van der Waals surface area contributed by atoms with Gasteiger partial charge in [0.15, 0.2) is 0 Å². The van der Waals surface area contributed by atoms with Crippen molar-refractivity contribution in [3.63, 3.8) is 0 Å². The van der Waals surface area contributed by atoms with Gasteiger partial charge in [-0.1, -0.05) is 72.3 Å². The Labute approximate surface area is 236 Å². The number of aryl methyl sites for hydroxylation is 1. The average molecular weight is 546 g/mol. The first kappa shape index (κ1) is 29.3. The molecule has 0 radical (unpaired) electrons. The lowest BCUT2D eigenvalue weighted by Gasteiger charge is -2.43. The number of carbonyl (C=O) groups is 2. The van der Waals surface area contributed by atoms with E-state index in [1.54, 1.807) is 19.1 Å². The predicted octanol–water partition coefficient (Wildman–Crippen LogP) is 6.16. The van der Waals surface area contributed by atoms with E-state index in [4.69, 9.17) is 5.11 Å². The highest BCUT2D eigenvalue weighted by Gasteiger charge is 2.42. The van der Waals surface area contributed by atoms with Gasteiger partial charge >= 0.3 is 6.09 Å². The van der Waals surface area contributed by atoms with Gasteiger partial charge in [-0.2, -0.15) is 0 Å². The van der Waals surface area contributed by atoms with Gasteiger partial charge in [-0.25, -0.2) is 9.18 Å². The number of likely N-dealkylation sites (tertiary alicyclic amines) is 1.